The van der Waals surface area contributed by atoms with E-state index in [1.54, 1.807) is 11.1 Å². The number of rotatable bonds is 5. The fourth-order valence-corrected chi connectivity index (χ4v) is 4.78. The van der Waals surface area contributed by atoms with Crippen LogP contribution in [0.4, 0.5) is 23.2 Å². The number of carbonyl (C=O) groups excluding carboxylic acids is 2. The first kappa shape index (κ1) is 24.7. The van der Waals surface area contributed by atoms with E-state index < -0.39 is 29.0 Å². The summed E-state index contributed by atoms with van der Waals surface area (Å²) in [4.78, 5) is 35.1. The zero-order valence-electron chi connectivity index (χ0n) is 19.8. The number of anilines is 1. The van der Waals surface area contributed by atoms with E-state index in [1.165, 1.54) is 4.90 Å². The normalized spacial score (nSPS) is 15.8. The second kappa shape index (κ2) is 9.84. The number of amides is 2. The molecule has 0 atom stereocenters. The minimum atomic E-state index is -4.76. The lowest BCUT2D eigenvalue weighted by Gasteiger charge is -2.36. The molecule has 10 heteroatoms. The van der Waals surface area contributed by atoms with Crippen molar-refractivity contribution in [3.05, 3.63) is 94.6 Å². The predicted octanol–water partition coefficient (Wildman–Crippen LogP) is 4.40. The molecular formula is C27H24F4N4O2. The maximum Gasteiger partial charge on any atom is 0.417 e. The Balaban J connectivity index is 1.23. The molecule has 2 aliphatic rings. The Morgan fingerprint density at radius 3 is 2.41 bits per heavy atom. The molecule has 0 spiro atoms. The lowest BCUT2D eigenvalue weighted by atomic mass is 10.0. The van der Waals surface area contributed by atoms with Crippen LogP contribution in [0.3, 0.4) is 0 Å². The summed E-state index contributed by atoms with van der Waals surface area (Å²) >= 11 is 0. The second-order valence-electron chi connectivity index (χ2n) is 9.13. The summed E-state index contributed by atoms with van der Waals surface area (Å²) in [7, 11) is 0. The van der Waals surface area contributed by atoms with Gasteiger partial charge in [-0.15, -0.1) is 0 Å². The lowest BCUT2D eigenvalue weighted by Crippen LogP contribution is -2.49. The molecule has 0 radical (unpaired) electrons. The number of alkyl halides is 3. The molecule has 37 heavy (non-hydrogen) atoms. The van der Waals surface area contributed by atoms with Gasteiger partial charge in [-0.1, -0.05) is 30.3 Å². The quantitative estimate of drug-likeness (QED) is 0.476. The van der Waals surface area contributed by atoms with E-state index in [0.29, 0.717) is 50.1 Å². The first-order valence-corrected chi connectivity index (χ1v) is 11.9. The van der Waals surface area contributed by atoms with Gasteiger partial charge in [-0.3, -0.25) is 9.59 Å². The van der Waals surface area contributed by atoms with Crippen LogP contribution in [0.2, 0.25) is 0 Å². The van der Waals surface area contributed by atoms with Gasteiger partial charge in [0.25, 0.3) is 11.8 Å². The fraction of sp³-hybridized carbons (Fsp3) is 0.296. The average Bonchev–Trinajstić information content (AvgIpc) is 3.21. The van der Waals surface area contributed by atoms with Crippen LogP contribution in [0.15, 0.2) is 60.8 Å². The molecule has 3 aromatic rings. The summed E-state index contributed by atoms with van der Waals surface area (Å²) in [6, 6.07) is 13.8. The van der Waals surface area contributed by atoms with Gasteiger partial charge < -0.3 is 14.7 Å². The van der Waals surface area contributed by atoms with Crippen molar-refractivity contribution < 1.29 is 27.2 Å². The summed E-state index contributed by atoms with van der Waals surface area (Å²) in [5.74, 6) is -1.85. The lowest BCUT2D eigenvalue weighted by molar-refractivity contribution is -0.138. The van der Waals surface area contributed by atoms with Crippen molar-refractivity contribution in [2.24, 2.45) is 0 Å². The van der Waals surface area contributed by atoms with Crippen LogP contribution < -0.4 is 4.90 Å². The van der Waals surface area contributed by atoms with Gasteiger partial charge in [0.05, 0.1) is 23.0 Å². The van der Waals surface area contributed by atoms with E-state index >= 15 is 0 Å². The van der Waals surface area contributed by atoms with Crippen LogP contribution in [0, 0.1) is 5.82 Å². The van der Waals surface area contributed by atoms with Gasteiger partial charge in [-0.05, 0) is 36.2 Å². The number of hydrogen-bond acceptors (Lipinski definition) is 4. The number of carbonyl (C=O) groups is 2. The van der Waals surface area contributed by atoms with Gasteiger partial charge in [0.15, 0.2) is 0 Å². The predicted molar refractivity (Wildman–Crippen MR) is 129 cm³/mol. The highest BCUT2D eigenvalue weighted by Crippen LogP contribution is 2.33. The number of nitrogens with zero attached hydrogens (tertiary/aromatic N) is 4. The van der Waals surface area contributed by atoms with E-state index in [-0.39, 0.29) is 19.0 Å². The molecule has 0 saturated carbocycles. The molecule has 0 aliphatic carbocycles. The van der Waals surface area contributed by atoms with E-state index in [1.807, 2.05) is 41.3 Å². The van der Waals surface area contributed by atoms with E-state index in [4.69, 9.17) is 0 Å². The van der Waals surface area contributed by atoms with Crippen molar-refractivity contribution in [2.75, 3.05) is 37.6 Å². The highest BCUT2D eigenvalue weighted by atomic mass is 19.4. The topological polar surface area (TPSA) is 56.8 Å². The van der Waals surface area contributed by atoms with Gasteiger partial charge >= 0.3 is 6.18 Å². The maximum atomic E-state index is 13.7. The van der Waals surface area contributed by atoms with Crippen LogP contribution in [0.5, 0.6) is 0 Å². The molecule has 0 unspecified atom stereocenters. The maximum absolute atomic E-state index is 13.7. The zero-order chi connectivity index (χ0) is 26.2. The molecule has 6 nitrogen and oxygen atoms in total. The van der Waals surface area contributed by atoms with E-state index in [2.05, 4.69) is 4.98 Å². The average molecular weight is 513 g/mol. The number of piperazine rings is 1. The molecule has 0 bridgehead atoms. The molecule has 1 saturated heterocycles. The summed E-state index contributed by atoms with van der Waals surface area (Å²) in [6.45, 7) is 2.12. The summed E-state index contributed by atoms with van der Waals surface area (Å²) in [6.07, 6.45) is -2.41. The highest BCUT2D eigenvalue weighted by Gasteiger charge is 2.37. The molecule has 5 rings (SSSR count). The smallest absolute Gasteiger partial charge is 0.367 e. The highest BCUT2D eigenvalue weighted by molar-refractivity contribution is 5.97. The van der Waals surface area contributed by atoms with Gasteiger partial charge in [0.1, 0.15) is 11.5 Å². The first-order valence-electron chi connectivity index (χ1n) is 11.9. The minimum Gasteiger partial charge on any atom is -0.367 e. The number of aromatic nitrogens is 1. The van der Waals surface area contributed by atoms with Crippen LogP contribution >= 0.6 is 0 Å². The third kappa shape index (κ3) is 5.14. The van der Waals surface area contributed by atoms with Gasteiger partial charge in [-0.25, -0.2) is 9.37 Å². The Labute approximate surface area is 211 Å². The third-order valence-corrected chi connectivity index (χ3v) is 6.77. The molecule has 192 valence electrons. The number of pyridine rings is 1. The van der Waals surface area contributed by atoms with Crippen LogP contribution in [0.25, 0.3) is 0 Å². The molecular weight excluding hydrogens is 488 g/mol. The number of fused-ring (bicyclic) bond motifs is 1. The third-order valence-electron chi connectivity index (χ3n) is 6.77. The number of benzene rings is 2. The van der Waals surface area contributed by atoms with E-state index in [0.717, 1.165) is 23.2 Å². The Morgan fingerprint density at radius 2 is 1.70 bits per heavy atom. The van der Waals surface area contributed by atoms with E-state index in [9.17, 15) is 27.2 Å². The molecule has 0 N–H and O–H groups in total. The van der Waals surface area contributed by atoms with Crippen molar-refractivity contribution in [3.63, 3.8) is 0 Å². The minimum absolute atomic E-state index is 0.108. The molecule has 3 heterocycles. The Bertz CT molecular complexity index is 1320. The van der Waals surface area contributed by atoms with Crippen LogP contribution in [0.1, 0.15) is 37.5 Å². The van der Waals surface area contributed by atoms with Crippen molar-refractivity contribution >= 4 is 17.5 Å². The summed E-state index contributed by atoms with van der Waals surface area (Å²) in [5, 5.41) is 0. The van der Waals surface area contributed by atoms with Crippen molar-refractivity contribution in [1.29, 1.82) is 0 Å². The standard InChI is InChI=1S/C27H24F4N4O2/c28-20-6-7-23(27(29,30)31)22(15-20)25(36)34-12-10-33(11-13-34)21-14-19-17-35(26(37)24(19)32-16-21)9-8-18-4-2-1-3-5-18/h1-7,14-16H,8-13,17H2. The van der Waals surface area contributed by atoms with Crippen molar-refractivity contribution in [1.82, 2.24) is 14.8 Å². The molecule has 2 aromatic carbocycles. The van der Waals surface area contributed by atoms with Crippen LogP contribution in [-0.4, -0.2) is 59.3 Å². The number of hydrogen-bond donors (Lipinski definition) is 0. The Kier molecular flexibility index (Phi) is 6.57. The molecule has 2 amide bonds. The molecule has 1 fully saturated rings. The molecule has 2 aliphatic heterocycles. The SMILES string of the molecule is O=C(c1cc(F)ccc1C(F)(F)F)N1CCN(c2cnc3c(c2)CN(CCc2ccccc2)C3=O)CC1. The number of halogens is 4. The van der Waals surface area contributed by atoms with Crippen LogP contribution in [-0.2, 0) is 19.1 Å². The monoisotopic (exact) mass is 512 g/mol. The van der Waals surface area contributed by atoms with Gasteiger partial charge in [-0.2, -0.15) is 13.2 Å². The molecule has 1 aromatic heterocycles. The Morgan fingerprint density at radius 1 is 0.973 bits per heavy atom. The Hall–Kier alpha value is -3.95. The van der Waals surface area contributed by atoms with Gasteiger partial charge in [0, 0.05) is 44.8 Å². The zero-order valence-corrected chi connectivity index (χ0v) is 19.8. The summed E-state index contributed by atoms with van der Waals surface area (Å²) < 4.78 is 53.7. The largest absolute Gasteiger partial charge is 0.417 e. The van der Waals surface area contributed by atoms with Crippen molar-refractivity contribution in [2.45, 2.75) is 19.1 Å². The fourth-order valence-electron chi connectivity index (χ4n) is 4.78. The van der Waals surface area contributed by atoms with Gasteiger partial charge in [0.2, 0.25) is 0 Å². The first-order chi connectivity index (χ1) is 17.7. The summed E-state index contributed by atoms with van der Waals surface area (Å²) in [5.41, 5.74) is 1.35. The second-order valence-corrected chi connectivity index (χ2v) is 9.13. The van der Waals surface area contributed by atoms with Crippen molar-refractivity contribution in [3.8, 4) is 0 Å².